The van der Waals surface area contributed by atoms with Crippen LogP contribution in [-0.4, -0.2) is 38.7 Å². The minimum Gasteiger partial charge on any atom is -0.483 e. The van der Waals surface area contributed by atoms with Crippen molar-refractivity contribution in [2.24, 2.45) is 0 Å². The lowest BCUT2D eigenvalue weighted by Crippen LogP contribution is -2.22. The van der Waals surface area contributed by atoms with Crippen LogP contribution in [0, 0.1) is 13.8 Å². The van der Waals surface area contributed by atoms with Crippen molar-refractivity contribution in [1.29, 1.82) is 0 Å². The molecule has 1 aliphatic rings. The Kier molecular flexibility index (Phi) is 6.22. The van der Waals surface area contributed by atoms with E-state index in [-0.39, 0.29) is 12.2 Å². The van der Waals surface area contributed by atoms with Crippen molar-refractivity contribution >= 4 is 34.2 Å². The Balaban J connectivity index is 1.80. The lowest BCUT2D eigenvalue weighted by atomic mass is 9.99. The molecule has 1 heterocycles. The SMILES string of the molecule is COC(=O)c1c(NC(=O)COc2cccc(C)c2C)sc2c1[C@H](C(=O)OC)CC2. The molecule has 1 amide bonds. The highest BCUT2D eigenvalue weighted by atomic mass is 32.1. The predicted octanol–water partition coefficient (Wildman–Crippen LogP) is 3.37. The largest absolute Gasteiger partial charge is 0.483 e. The van der Waals surface area contributed by atoms with Gasteiger partial charge in [0.05, 0.1) is 25.7 Å². The number of thiophene rings is 1. The van der Waals surface area contributed by atoms with Gasteiger partial charge >= 0.3 is 11.9 Å². The molecule has 1 aromatic carbocycles. The van der Waals surface area contributed by atoms with Crippen molar-refractivity contribution in [3.05, 3.63) is 45.3 Å². The van der Waals surface area contributed by atoms with Crippen molar-refractivity contribution in [1.82, 2.24) is 0 Å². The number of carbonyl (C=O) groups excluding carboxylic acids is 3. The number of hydrogen-bond acceptors (Lipinski definition) is 7. The first-order chi connectivity index (χ1) is 13.9. The minimum absolute atomic E-state index is 0.200. The van der Waals surface area contributed by atoms with E-state index in [1.807, 2.05) is 26.0 Å². The smallest absolute Gasteiger partial charge is 0.341 e. The summed E-state index contributed by atoms with van der Waals surface area (Å²) < 4.78 is 15.4. The zero-order valence-electron chi connectivity index (χ0n) is 16.8. The van der Waals surface area contributed by atoms with Crippen molar-refractivity contribution in [3.63, 3.8) is 0 Å². The summed E-state index contributed by atoms with van der Waals surface area (Å²) in [4.78, 5) is 37.9. The maximum absolute atomic E-state index is 12.5. The van der Waals surface area contributed by atoms with Crippen LogP contribution in [0.25, 0.3) is 0 Å². The van der Waals surface area contributed by atoms with Crippen molar-refractivity contribution in [3.8, 4) is 5.75 Å². The summed E-state index contributed by atoms with van der Waals surface area (Å²) in [6.45, 7) is 3.69. The van der Waals surface area contributed by atoms with E-state index in [2.05, 4.69) is 5.32 Å². The monoisotopic (exact) mass is 417 g/mol. The summed E-state index contributed by atoms with van der Waals surface area (Å²) in [6, 6.07) is 5.63. The molecule has 0 fully saturated rings. The zero-order chi connectivity index (χ0) is 21.1. The Labute approximate surface area is 173 Å². The number of carbonyl (C=O) groups is 3. The predicted molar refractivity (Wildman–Crippen MR) is 109 cm³/mol. The van der Waals surface area contributed by atoms with Crippen LogP contribution in [0.4, 0.5) is 5.00 Å². The van der Waals surface area contributed by atoms with E-state index >= 15 is 0 Å². The van der Waals surface area contributed by atoms with Gasteiger partial charge in [0.2, 0.25) is 0 Å². The van der Waals surface area contributed by atoms with E-state index in [1.54, 1.807) is 6.07 Å². The highest BCUT2D eigenvalue weighted by Gasteiger charge is 2.38. The molecule has 0 radical (unpaired) electrons. The van der Waals surface area contributed by atoms with Gasteiger partial charge < -0.3 is 19.5 Å². The summed E-state index contributed by atoms with van der Waals surface area (Å²) in [7, 11) is 2.58. The van der Waals surface area contributed by atoms with Crippen molar-refractivity contribution in [2.45, 2.75) is 32.6 Å². The van der Waals surface area contributed by atoms with Gasteiger partial charge in [-0.3, -0.25) is 9.59 Å². The van der Waals surface area contributed by atoms with Crippen LogP contribution in [0.1, 0.15) is 44.3 Å². The molecule has 0 unspecified atom stereocenters. The molecule has 0 spiro atoms. The first-order valence-electron chi connectivity index (χ1n) is 9.17. The lowest BCUT2D eigenvalue weighted by molar-refractivity contribution is -0.142. The van der Waals surface area contributed by atoms with E-state index in [0.29, 0.717) is 29.2 Å². The first kappa shape index (κ1) is 20.9. The van der Waals surface area contributed by atoms with E-state index < -0.39 is 23.8 Å². The minimum atomic E-state index is -0.593. The van der Waals surface area contributed by atoms with Crippen molar-refractivity contribution < 1.29 is 28.6 Å². The van der Waals surface area contributed by atoms with Gasteiger partial charge in [0.15, 0.2) is 6.61 Å². The summed E-state index contributed by atoms with van der Waals surface area (Å²) in [6.07, 6.45) is 1.21. The number of amides is 1. The maximum atomic E-state index is 12.5. The Morgan fingerprint density at radius 2 is 1.93 bits per heavy atom. The van der Waals surface area contributed by atoms with Crippen LogP contribution in [0.15, 0.2) is 18.2 Å². The fourth-order valence-corrected chi connectivity index (χ4v) is 4.70. The number of aryl methyl sites for hydroxylation is 2. The number of ether oxygens (including phenoxy) is 3. The number of benzene rings is 1. The van der Waals surface area contributed by atoms with Gasteiger partial charge in [-0.2, -0.15) is 0 Å². The third-order valence-electron chi connectivity index (χ3n) is 5.07. The van der Waals surface area contributed by atoms with Gasteiger partial charge in [0.25, 0.3) is 5.91 Å². The van der Waals surface area contributed by atoms with Crippen molar-refractivity contribution in [2.75, 3.05) is 26.1 Å². The molecule has 0 bridgehead atoms. The normalized spacial score (nSPS) is 14.8. The van der Waals surface area contributed by atoms with Crippen LogP contribution in [-0.2, 0) is 25.5 Å². The topological polar surface area (TPSA) is 90.9 Å². The third kappa shape index (κ3) is 4.12. The highest BCUT2D eigenvalue weighted by Crippen LogP contribution is 2.45. The number of fused-ring (bicyclic) bond motifs is 1. The van der Waals surface area contributed by atoms with E-state index in [9.17, 15) is 14.4 Å². The molecule has 8 heteroatoms. The molecule has 1 aliphatic carbocycles. The molecule has 1 N–H and O–H groups in total. The van der Waals surface area contributed by atoms with Gasteiger partial charge in [0, 0.05) is 4.88 Å². The molecule has 0 saturated heterocycles. The van der Waals surface area contributed by atoms with Crippen LogP contribution in [0.2, 0.25) is 0 Å². The van der Waals surface area contributed by atoms with Crippen LogP contribution >= 0.6 is 11.3 Å². The first-order valence-corrected chi connectivity index (χ1v) is 9.99. The Hall–Kier alpha value is -2.87. The van der Waals surface area contributed by atoms with Crippen LogP contribution in [0.5, 0.6) is 5.75 Å². The molecule has 2 aromatic rings. The average Bonchev–Trinajstić information content (AvgIpc) is 3.26. The number of nitrogens with one attached hydrogen (secondary N) is 1. The second-order valence-corrected chi connectivity index (χ2v) is 7.89. The van der Waals surface area contributed by atoms with Crippen LogP contribution < -0.4 is 10.1 Å². The summed E-state index contributed by atoms with van der Waals surface area (Å²) in [5.74, 6) is -1.29. The second-order valence-electron chi connectivity index (χ2n) is 6.78. The molecule has 7 nitrogen and oxygen atoms in total. The standard InChI is InChI=1S/C21H23NO6S/c1-11-6-5-7-14(12(11)2)28-10-16(23)22-19-18(21(25)27-4)17-13(20(24)26-3)8-9-15(17)29-19/h5-7,13H,8-10H2,1-4H3,(H,22,23)/t13-/m1/s1. The molecule has 0 aliphatic heterocycles. The fraction of sp³-hybridized carbons (Fsp3) is 0.381. The Bertz CT molecular complexity index is 964. The van der Waals surface area contributed by atoms with Crippen LogP contribution in [0.3, 0.4) is 0 Å². The number of rotatable bonds is 6. The Morgan fingerprint density at radius 3 is 2.62 bits per heavy atom. The summed E-state index contributed by atoms with van der Waals surface area (Å²) in [5, 5.41) is 3.10. The fourth-order valence-electron chi connectivity index (χ4n) is 3.42. The van der Waals surface area contributed by atoms with E-state index in [1.165, 1.54) is 25.6 Å². The average molecular weight is 417 g/mol. The molecule has 3 rings (SSSR count). The van der Waals surface area contributed by atoms with Gasteiger partial charge in [-0.05, 0) is 49.4 Å². The summed E-state index contributed by atoms with van der Waals surface area (Å²) >= 11 is 1.28. The molecular weight excluding hydrogens is 394 g/mol. The summed E-state index contributed by atoms with van der Waals surface area (Å²) in [5.41, 5.74) is 2.85. The van der Waals surface area contributed by atoms with Gasteiger partial charge in [0.1, 0.15) is 10.8 Å². The van der Waals surface area contributed by atoms with E-state index in [0.717, 1.165) is 16.0 Å². The van der Waals surface area contributed by atoms with Gasteiger partial charge in [-0.1, -0.05) is 12.1 Å². The number of anilines is 1. The highest BCUT2D eigenvalue weighted by molar-refractivity contribution is 7.17. The van der Waals surface area contributed by atoms with Gasteiger partial charge in [-0.25, -0.2) is 4.79 Å². The van der Waals surface area contributed by atoms with Gasteiger partial charge in [-0.15, -0.1) is 11.3 Å². The lowest BCUT2D eigenvalue weighted by Gasteiger charge is -2.13. The second kappa shape index (κ2) is 8.65. The molecular formula is C21H23NO6S. The van der Waals surface area contributed by atoms with E-state index in [4.69, 9.17) is 14.2 Å². The third-order valence-corrected chi connectivity index (χ3v) is 6.25. The molecule has 1 atom stereocenters. The molecule has 1 aromatic heterocycles. The number of methoxy groups -OCH3 is 2. The Morgan fingerprint density at radius 1 is 1.17 bits per heavy atom. The number of esters is 2. The number of hydrogen-bond donors (Lipinski definition) is 1. The molecule has 0 saturated carbocycles. The molecule has 29 heavy (non-hydrogen) atoms. The zero-order valence-corrected chi connectivity index (χ0v) is 17.6. The maximum Gasteiger partial charge on any atom is 0.341 e. The molecule has 154 valence electrons. The quantitative estimate of drug-likeness (QED) is 0.725.